The number of hydrogen-bond acceptors (Lipinski definition) is 4. The summed E-state index contributed by atoms with van der Waals surface area (Å²) in [5, 5.41) is 3.07. The number of amides is 2. The first-order valence-corrected chi connectivity index (χ1v) is 9.61. The molecule has 1 N–H and O–H groups in total. The van der Waals surface area contributed by atoms with Crippen LogP contribution in [0.4, 0.5) is 0 Å². The van der Waals surface area contributed by atoms with Crippen molar-refractivity contribution in [2.24, 2.45) is 5.92 Å². The molecule has 1 atom stereocenters. The Morgan fingerprint density at radius 1 is 1.35 bits per heavy atom. The van der Waals surface area contributed by atoms with E-state index in [4.69, 9.17) is 4.74 Å². The van der Waals surface area contributed by atoms with Crippen molar-refractivity contribution in [3.63, 3.8) is 0 Å². The summed E-state index contributed by atoms with van der Waals surface area (Å²) in [5.41, 5.74) is 1.44. The largest absolute Gasteiger partial charge is 0.373 e. The lowest BCUT2D eigenvalue weighted by molar-refractivity contribution is -0.124. The minimum Gasteiger partial charge on any atom is -0.373 e. The van der Waals surface area contributed by atoms with Gasteiger partial charge in [-0.1, -0.05) is 20.8 Å². The van der Waals surface area contributed by atoms with E-state index in [2.05, 4.69) is 10.3 Å². The summed E-state index contributed by atoms with van der Waals surface area (Å²) in [5.74, 6) is 0.0997. The van der Waals surface area contributed by atoms with Gasteiger partial charge in [0, 0.05) is 30.9 Å². The fourth-order valence-electron chi connectivity index (χ4n) is 3.71. The van der Waals surface area contributed by atoms with Gasteiger partial charge in [-0.05, 0) is 37.8 Å². The van der Waals surface area contributed by atoms with Gasteiger partial charge in [-0.25, -0.2) is 0 Å². The van der Waals surface area contributed by atoms with Crippen LogP contribution in [-0.2, 0) is 16.0 Å². The summed E-state index contributed by atoms with van der Waals surface area (Å²) in [6.07, 6.45) is 5.00. The number of nitrogens with zero attached hydrogens (tertiary/aromatic N) is 2. The molecule has 0 saturated carbocycles. The average molecular weight is 359 g/mol. The van der Waals surface area contributed by atoms with Crippen molar-refractivity contribution in [2.75, 3.05) is 19.7 Å². The van der Waals surface area contributed by atoms with Gasteiger partial charge in [0.15, 0.2) is 0 Å². The number of aryl methyl sites for hydroxylation is 1. The molecule has 6 nitrogen and oxygen atoms in total. The number of carbonyl (C=O) groups excluding carboxylic acids is 2. The minimum absolute atomic E-state index is 0.0151. The fraction of sp³-hybridized carbons (Fsp3) is 0.650. The number of carbonyl (C=O) groups is 2. The molecule has 1 aromatic rings. The summed E-state index contributed by atoms with van der Waals surface area (Å²) in [4.78, 5) is 30.8. The van der Waals surface area contributed by atoms with E-state index in [1.54, 1.807) is 6.20 Å². The van der Waals surface area contributed by atoms with Gasteiger partial charge in [-0.3, -0.25) is 14.6 Å². The molecule has 2 aliphatic rings. The highest BCUT2D eigenvalue weighted by Gasteiger charge is 2.44. The summed E-state index contributed by atoms with van der Waals surface area (Å²) in [6, 6.07) is 3.86. The van der Waals surface area contributed by atoms with Crippen molar-refractivity contribution in [3.05, 3.63) is 29.6 Å². The minimum atomic E-state index is -0.198. The second-order valence-electron chi connectivity index (χ2n) is 7.74. The van der Waals surface area contributed by atoms with Crippen molar-refractivity contribution >= 4 is 11.8 Å². The molecule has 2 aliphatic heterocycles. The van der Waals surface area contributed by atoms with Gasteiger partial charge in [-0.2, -0.15) is 0 Å². The average Bonchev–Trinajstić information content (AvgIpc) is 3.04. The molecule has 2 amide bonds. The third-order valence-corrected chi connectivity index (χ3v) is 5.48. The predicted molar refractivity (Wildman–Crippen MR) is 98.8 cm³/mol. The van der Waals surface area contributed by atoms with Gasteiger partial charge < -0.3 is 15.0 Å². The van der Waals surface area contributed by atoms with Crippen LogP contribution in [0, 0.1) is 5.92 Å². The SMILES string of the molecule is CCc1ccc(C(=O)N2CCC3(CC2)CC(NC(=O)C(C)C)CO3)cn1. The van der Waals surface area contributed by atoms with Crippen molar-refractivity contribution < 1.29 is 14.3 Å². The van der Waals surface area contributed by atoms with Crippen LogP contribution < -0.4 is 5.32 Å². The number of pyridine rings is 1. The third-order valence-electron chi connectivity index (χ3n) is 5.48. The Hall–Kier alpha value is -1.95. The molecular formula is C20H29N3O3. The van der Waals surface area contributed by atoms with E-state index < -0.39 is 0 Å². The van der Waals surface area contributed by atoms with Crippen molar-refractivity contribution in [1.29, 1.82) is 0 Å². The Morgan fingerprint density at radius 3 is 2.65 bits per heavy atom. The highest BCUT2D eigenvalue weighted by molar-refractivity contribution is 5.94. The van der Waals surface area contributed by atoms with Crippen molar-refractivity contribution in [2.45, 2.75) is 58.1 Å². The number of rotatable bonds is 4. The molecule has 0 aromatic carbocycles. The lowest BCUT2D eigenvalue weighted by Gasteiger charge is -2.38. The molecular weight excluding hydrogens is 330 g/mol. The second-order valence-corrected chi connectivity index (χ2v) is 7.74. The standard InChI is InChI=1S/C20H29N3O3/c1-4-16-6-5-15(12-21-16)19(25)23-9-7-20(8-10-23)11-17(13-26-20)22-18(24)14(2)3/h5-6,12,14,17H,4,7-11,13H2,1-3H3,(H,22,24). The number of aromatic nitrogens is 1. The third kappa shape index (κ3) is 4.06. The van der Waals surface area contributed by atoms with Gasteiger partial charge in [0.05, 0.1) is 23.8 Å². The summed E-state index contributed by atoms with van der Waals surface area (Å²) in [7, 11) is 0. The topological polar surface area (TPSA) is 71.5 Å². The first-order chi connectivity index (χ1) is 12.4. The molecule has 0 aliphatic carbocycles. The zero-order valence-electron chi connectivity index (χ0n) is 16.0. The highest BCUT2D eigenvalue weighted by Crippen LogP contribution is 2.36. The first-order valence-electron chi connectivity index (χ1n) is 9.61. The maximum absolute atomic E-state index is 12.7. The van der Waals surface area contributed by atoms with Gasteiger partial charge >= 0.3 is 0 Å². The number of ether oxygens (including phenoxy) is 1. The second kappa shape index (κ2) is 7.74. The van der Waals surface area contributed by atoms with Crippen LogP contribution in [0.1, 0.15) is 56.1 Å². The molecule has 1 unspecified atom stereocenters. The number of likely N-dealkylation sites (tertiary alicyclic amines) is 1. The Labute approximate surface area is 155 Å². The van der Waals surface area contributed by atoms with Crippen molar-refractivity contribution in [1.82, 2.24) is 15.2 Å². The summed E-state index contributed by atoms with van der Waals surface area (Å²) >= 11 is 0. The van der Waals surface area contributed by atoms with E-state index in [0.29, 0.717) is 25.3 Å². The lowest BCUT2D eigenvalue weighted by atomic mass is 9.87. The maximum Gasteiger partial charge on any atom is 0.255 e. The van der Waals surface area contributed by atoms with Crippen LogP contribution in [0.5, 0.6) is 0 Å². The van der Waals surface area contributed by atoms with E-state index in [9.17, 15) is 9.59 Å². The van der Waals surface area contributed by atoms with Gasteiger partial charge in [0.25, 0.3) is 5.91 Å². The van der Waals surface area contributed by atoms with Crippen molar-refractivity contribution in [3.8, 4) is 0 Å². The first kappa shape index (κ1) is 18.8. The molecule has 3 heterocycles. The van der Waals surface area contributed by atoms with E-state index >= 15 is 0 Å². The molecule has 3 rings (SSSR count). The summed E-state index contributed by atoms with van der Waals surface area (Å²) in [6.45, 7) is 7.76. The monoisotopic (exact) mass is 359 g/mol. The fourth-order valence-corrected chi connectivity index (χ4v) is 3.71. The molecule has 26 heavy (non-hydrogen) atoms. The maximum atomic E-state index is 12.7. The smallest absolute Gasteiger partial charge is 0.255 e. The van der Waals surface area contributed by atoms with Crippen LogP contribution in [0.15, 0.2) is 18.3 Å². The van der Waals surface area contributed by atoms with Gasteiger partial charge in [-0.15, -0.1) is 0 Å². The van der Waals surface area contributed by atoms with E-state index in [1.807, 2.05) is 37.8 Å². The van der Waals surface area contributed by atoms with Gasteiger partial charge in [0.2, 0.25) is 5.91 Å². The van der Waals surface area contributed by atoms with E-state index in [-0.39, 0.29) is 29.4 Å². The molecule has 142 valence electrons. The normalized spacial score (nSPS) is 22.0. The van der Waals surface area contributed by atoms with Crippen LogP contribution >= 0.6 is 0 Å². The molecule has 1 spiro atoms. The summed E-state index contributed by atoms with van der Waals surface area (Å²) < 4.78 is 6.07. The lowest BCUT2D eigenvalue weighted by Crippen LogP contribution is -2.47. The number of nitrogens with one attached hydrogen (secondary N) is 1. The molecule has 0 bridgehead atoms. The molecule has 1 aromatic heterocycles. The predicted octanol–water partition coefficient (Wildman–Crippen LogP) is 2.18. The Kier molecular flexibility index (Phi) is 5.61. The Bertz CT molecular complexity index is 649. The Morgan fingerprint density at radius 2 is 2.08 bits per heavy atom. The molecule has 6 heteroatoms. The van der Waals surface area contributed by atoms with E-state index in [0.717, 1.165) is 31.4 Å². The van der Waals surface area contributed by atoms with Crippen LogP contribution in [0.2, 0.25) is 0 Å². The zero-order valence-corrected chi connectivity index (χ0v) is 16.0. The molecule has 2 fully saturated rings. The highest BCUT2D eigenvalue weighted by atomic mass is 16.5. The van der Waals surface area contributed by atoms with E-state index in [1.165, 1.54) is 0 Å². The number of piperidine rings is 1. The quantitative estimate of drug-likeness (QED) is 0.894. The number of hydrogen-bond donors (Lipinski definition) is 1. The van der Waals surface area contributed by atoms with Gasteiger partial charge in [0.1, 0.15) is 0 Å². The zero-order chi connectivity index (χ0) is 18.7. The van der Waals surface area contributed by atoms with Crippen LogP contribution in [0.3, 0.4) is 0 Å². The van der Waals surface area contributed by atoms with Crippen LogP contribution in [0.25, 0.3) is 0 Å². The molecule has 2 saturated heterocycles. The Balaban J connectivity index is 1.54. The molecule has 0 radical (unpaired) electrons. The van der Waals surface area contributed by atoms with Crippen LogP contribution in [-0.4, -0.2) is 53.0 Å².